The summed E-state index contributed by atoms with van der Waals surface area (Å²) in [7, 11) is 0. The normalized spacial score (nSPS) is 28.5. The molecule has 4 atom stereocenters. The lowest BCUT2D eigenvalue weighted by Crippen LogP contribution is -2.39. The van der Waals surface area contributed by atoms with Crippen molar-refractivity contribution in [3.05, 3.63) is 17.8 Å². The van der Waals surface area contributed by atoms with Crippen molar-refractivity contribution in [2.75, 3.05) is 6.61 Å². The van der Waals surface area contributed by atoms with Crippen LogP contribution in [0.3, 0.4) is 0 Å². The van der Waals surface area contributed by atoms with E-state index >= 15 is 0 Å². The number of nitrogens with zero attached hydrogens (tertiary/aromatic N) is 2. The Morgan fingerprint density at radius 2 is 2.18 bits per heavy atom. The summed E-state index contributed by atoms with van der Waals surface area (Å²) in [6.07, 6.45) is -0.877. The number of nitrogens with one attached hydrogen (secondary N) is 1. The number of ether oxygens (including phenoxy) is 4. The summed E-state index contributed by atoms with van der Waals surface area (Å²) in [6, 6.07) is 1.73. The zero-order chi connectivity index (χ0) is 15.9. The van der Waals surface area contributed by atoms with Crippen molar-refractivity contribution in [3.63, 3.8) is 0 Å². The Kier molecular flexibility index (Phi) is 3.57. The minimum Gasteiger partial charge on any atom is -0.463 e. The molecule has 2 aliphatic heterocycles. The average molecular weight is 309 g/mol. The number of rotatable bonds is 3. The van der Waals surface area contributed by atoms with Gasteiger partial charge in [0.05, 0.1) is 0 Å². The maximum Gasteiger partial charge on any atom is 0.303 e. The van der Waals surface area contributed by atoms with Gasteiger partial charge < -0.3 is 18.9 Å². The van der Waals surface area contributed by atoms with E-state index in [1.165, 1.54) is 19.9 Å². The van der Waals surface area contributed by atoms with Crippen LogP contribution in [0.2, 0.25) is 0 Å². The molecule has 0 radical (unpaired) electrons. The van der Waals surface area contributed by atoms with Gasteiger partial charge in [-0.1, -0.05) is 0 Å². The third-order valence-corrected chi connectivity index (χ3v) is 3.38. The van der Waals surface area contributed by atoms with Crippen molar-refractivity contribution in [1.29, 1.82) is 5.41 Å². The van der Waals surface area contributed by atoms with Crippen molar-refractivity contribution < 1.29 is 28.5 Å². The van der Waals surface area contributed by atoms with Crippen LogP contribution in [0.25, 0.3) is 0 Å². The number of hydrogen-bond donors (Lipinski definition) is 1. The van der Waals surface area contributed by atoms with Crippen molar-refractivity contribution in [2.45, 2.75) is 38.4 Å². The lowest BCUT2D eigenvalue weighted by molar-refractivity contribution is -0.157. The number of carbonyl (C=O) groups excluding carboxylic acids is 2. The Hall–Kier alpha value is -2.42. The molecule has 1 N–H and O–H groups in total. The van der Waals surface area contributed by atoms with E-state index in [9.17, 15) is 9.59 Å². The van der Waals surface area contributed by atoms with Gasteiger partial charge in [0.15, 0.2) is 23.9 Å². The fraction of sp³-hybridized carbons (Fsp3) is 0.538. The molecule has 1 aromatic rings. The first-order valence-corrected chi connectivity index (χ1v) is 6.72. The molecule has 3 rings (SSSR count). The predicted octanol–water partition coefficient (Wildman–Crippen LogP) is -0.484. The van der Waals surface area contributed by atoms with Gasteiger partial charge in [0.2, 0.25) is 0 Å². The summed E-state index contributed by atoms with van der Waals surface area (Å²) in [5, 5.41) is 7.50. The maximum atomic E-state index is 11.3. The lowest BCUT2D eigenvalue weighted by atomic mass is 10.1. The van der Waals surface area contributed by atoms with Gasteiger partial charge in [-0.2, -0.15) is 4.98 Å². The molecule has 0 aromatic carbocycles. The molecule has 22 heavy (non-hydrogen) atoms. The zero-order valence-corrected chi connectivity index (χ0v) is 12.0. The smallest absolute Gasteiger partial charge is 0.303 e. The van der Waals surface area contributed by atoms with Crippen LogP contribution in [0.15, 0.2) is 12.3 Å². The first-order valence-electron chi connectivity index (χ1n) is 6.72. The van der Waals surface area contributed by atoms with Crippen LogP contribution < -0.4 is 10.2 Å². The number of hydrogen-bond acceptors (Lipinski definition) is 8. The SMILES string of the molecule is CC(=O)OC[C@@H]1O[C@@H]2[C@H](Oc3nc(=N)ccn32)[C@H]1OC(C)=O. The highest BCUT2D eigenvalue weighted by molar-refractivity contribution is 5.66. The fourth-order valence-corrected chi connectivity index (χ4v) is 2.54. The van der Waals surface area contributed by atoms with E-state index in [0.29, 0.717) is 0 Å². The van der Waals surface area contributed by atoms with Crippen molar-refractivity contribution in [2.24, 2.45) is 0 Å². The molecule has 9 nitrogen and oxygen atoms in total. The molecule has 0 bridgehead atoms. The van der Waals surface area contributed by atoms with E-state index < -0.39 is 36.5 Å². The molecule has 0 amide bonds. The van der Waals surface area contributed by atoms with E-state index in [1.54, 1.807) is 10.8 Å². The Bertz CT molecular complexity index is 672. The highest BCUT2D eigenvalue weighted by Crippen LogP contribution is 2.40. The van der Waals surface area contributed by atoms with Crippen molar-refractivity contribution >= 4 is 11.9 Å². The number of aromatic nitrogens is 2. The van der Waals surface area contributed by atoms with Crippen LogP contribution in [-0.4, -0.2) is 46.4 Å². The van der Waals surface area contributed by atoms with Gasteiger partial charge in [-0.05, 0) is 6.07 Å². The number of esters is 2. The fourth-order valence-electron chi connectivity index (χ4n) is 2.54. The first-order chi connectivity index (χ1) is 10.5. The van der Waals surface area contributed by atoms with Crippen LogP contribution in [0.4, 0.5) is 0 Å². The van der Waals surface area contributed by atoms with E-state index in [0.717, 1.165) is 0 Å². The molecule has 0 saturated carbocycles. The zero-order valence-electron chi connectivity index (χ0n) is 12.0. The summed E-state index contributed by atoms with van der Waals surface area (Å²) in [6.45, 7) is 2.53. The second-order valence-electron chi connectivity index (χ2n) is 5.03. The van der Waals surface area contributed by atoms with Gasteiger partial charge in [-0.15, -0.1) is 0 Å². The predicted molar refractivity (Wildman–Crippen MR) is 68.6 cm³/mol. The van der Waals surface area contributed by atoms with E-state index in [1.807, 2.05) is 0 Å². The third-order valence-electron chi connectivity index (χ3n) is 3.38. The number of carbonyl (C=O) groups is 2. The van der Waals surface area contributed by atoms with Crippen LogP contribution in [0.1, 0.15) is 20.1 Å². The van der Waals surface area contributed by atoms with Gasteiger partial charge in [-0.3, -0.25) is 19.6 Å². The molecule has 1 saturated heterocycles. The first kappa shape index (κ1) is 14.5. The largest absolute Gasteiger partial charge is 0.463 e. The molecule has 0 aliphatic carbocycles. The highest BCUT2D eigenvalue weighted by Gasteiger charge is 2.54. The molecule has 0 unspecified atom stereocenters. The maximum absolute atomic E-state index is 11.3. The average Bonchev–Trinajstić information content (AvgIpc) is 2.92. The standard InChI is InChI=1S/C13H15N3O6/c1-6(17)19-5-8-10(20-7(2)18)11-12(21-8)16-4-3-9(14)15-13(16)22-11/h3-4,8,10-12,14H,5H2,1-2H3/t8-,10-,11+,12+/m0/s1. The molecule has 2 aliphatic rings. The second-order valence-corrected chi connectivity index (χ2v) is 5.03. The van der Waals surface area contributed by atoms with E-state index in [4.69, 9.17) is 24.4 Å². The van der Waals surface area contributed by atoms with E-state index in [-0.39, 0.29) is 18.1 Å². The van der Waals surface area contributed by atoms with Crippen LogP contribution in [-0.2, 0) is 23.8 Å². The highest BCUT2D eigenvalue weighted by atomic mass is 16.7. The summed E-state index contributed by atoms with van der Waals surface area (Å²) in [5.41, 5.74) is 0.0618. The topological polar surface area (TPSA) is 113 Å². The monoisotopic (exact) mass is 309 g/mol. The minimum atomic E-state index is -0.724. The van der Waals surface area contributed by atoms with Gasteiger partial charge in [0, 0.05) is 20.0 Å². The lowest BCUT2D eigenvalue weighted by Gasteiger charge is -2.20. The summed E-state index contributed by atoms with van der Waals surface area (Å²) < 4.78 is 23.3. The van der Waals surface area contributed by atoms with Crippen LogP contribution in [0, 0.1) is 5.41 Å². The second kappa shape index (κ2) is 5.41. The molecule has 9 heteroatoms. The quantitative estimate of drug-likeness (QED) is 0.750. The minimum absolute atomic E-state index is 0.0382. The molecule has 0 spiro atoms. The van der Waals surface area contributed by atoms with Gasteiger partial charge >= 0.3 is 17.9 Å². The van der Waals surface area contributed by atoms with Gasteiger partial charge in [0.25, 0.3) is 0 Å². The van der Waals surface area contributed by atoms with Crippen LogP contribution >= 0.6 is 0 Å². The molecule has 1 aromatic heterocycles. The third kappa shape index (κ3) is 2.54. The molecule has 1 fully saturated rings. The summed E-state index contributed by atoms with van der Waals surface area (Å²) in [4.78, 5) is 26.2. The summed E-state index contributed by atoms with van der Waals surface area (Å²) in [5.74, 6) is -0.933. The van der Waals surface area contributed by atoms with Gasteiger partial charge in [-0.25, -0.2) is 0 Å². The Balaban J connectivity index is 1.84. The molecular formula is C13H15N3O6. The van der Waals surface area contributed by atoms with E-state index in [2.05, 4.69) is 4.98 Å². The van der Waals surface area contributed by atoms with Crippen LogP contribution in [0.5, 0.6) is 6.01 Å². The van der Waals surface area contributed by atoms with Crippen molar-refractivity contribution in [1.82, 2.24) is 9.55 Å². The van der Waals surface area contributed by atoms with Gasteiger partial charge in [0.1, 0.15) is 12.7 Å². The Morgan fingerprint density at radius 1 is 1.41 bits per heavy atom. The molecule has 118 valence electrons. The molecule has 3 heterocycles. The van der Waals surface area contributed by atoms with Crippen molar-refractivity contribution in [3.8, 4) is 6.01 Å². The Labute approximate surface area is 125 Å². The molecular weight excluding hydrogens is 294 g/mol. The summed E-state index contributed by atoms with van der Waals surface area (Å²) >= 11 is 0. The Morgan fingerprint density at radius 3 is 2.86 bits per heavy atom. The number of fused-ring (bicyclic) bond motifs is 3.